The number of piperidine rings is 1. The van der Waals surface area contributed by atoms with Gasteiger partial charge in [-0.25, -0.2) is 9.18 Å². The fourth-order valence-corrected chi connectivity index (χ4v) is 2.28. The van der Waals surface area contributed by atoms with E-state index < -0.39 is 17.4 Å². The molecule has 20 heavy (non-hydrogen) atoms. The van der Waals surface area contributed by atoms with Crippen molar-refractivity contribution in [2.45, 2.75) is 44.9 Å². The highest BCUT2D eigenvalue weighted by atomic mass is 19.1. The fourth-order valence-electron chi connectivity index (χ4n) is 2.28. The number of nitrogens with zero attached hydrogens (tertiary/aromatic N) is 4. The number of amides is 1. The highest BCUT2D eigenvalue weighted by Crippen LogP contribution is 2.35. The van der Waals surface area contributed by atoms with Crippen LogP contribution in [0.25, 0.3) is 0 Å². The van der Waals surface area contributed by atoms with E-state index in [1.54, 1.807) is 16.5 Å². The van der Waals surface area contributed by atoms with Crippen LogP contribution in [0, 0.1) is 0 Å². The van der Waals surface area contributed by atoms with E-state index in [1.807, 2.05) is 20.8 Å². The zero-order chi connectivity index (χ0) is 15.0. The van der Waals surface area contributed by atoms with Gasteiger partial charge < -0.3 is 14.2 Å². The van der Waals surface area contributed by atoms with Crippen molar-refractivity contribution >= 4 is 6.09 Å². The summed E-state index contributed by atoms with van der Waals surface area (Å²) in [5.41, 5.74) is -2.06. The number of likely N-dealkylation sites (tertiary alicyclic amines) is 1. The Morgan fingerprint density at radius 2 is 2.00 bits per heavy atom. The third-order valence-electron chi connectivity index (χ3n) is 3.32. The van der Waals surface area contributed by atoms with Crippen LogP contribution in [-0.4, -0.2) is 44.4 Å². The molecule has 0 aromatic carbocycles. The molecule has 1 saturated heterocycles. The summed E-state index contributed by atoms with van der Waals surface area (Å²) < 4.78 is 21.7. The standard InChI is InChI=1S/C13H21FN4O2/c1-12(2,3)20-11(19)18-7-5-13(14,6-8-18)10-16-15-9-17(10)4/h9H,5-8H2,1-4H3. The number of hydrogen-bond donors (Lipinski definition) is 0. The van der Waals surface area contributed by atoms with Gasteiger partial charge in [-0.05, 0) is 20.8 Å². The van der Waals surface area contributed by atoms with Crippen LogP contribution >= 0.6 is 0 Å². The lowest BCUT2D eigenvalue weighted by Gasteiger charge is -2.36. The lowest BCUT2D eigenvalue weighted by molar-refractivity contribution is -0.000489. The summed E-state index contributed by atoms with van der Waals surface area (Å²) >= 11 is 0. The van der Waals surface area contributed by atoms with Crippen molar-refractivity contribution in [1.82, 2.24) is 19.7 Å². The second-order valence-corrected chi connectivity index (χ2v) is 6.20. The third kappa shape index (κ3) is 3.08. The Labute approximate surface area is 117 Å². The van der Waals surface area contributed by atoms with Crippen LogP contribution in [0.2, 0.25) is 0 Å². The predicted molar refractivity (Wildman–Crippen MR) is 70.8 cm³/mol. The van der Waals surface area contributed by atoms with Gasteiger partial charge in [0, 0.05) is 33.0 Å². The Morgan fingerprint density at radius 3 is 2.45 bits per heavy atom. The summed E-state index contributed by atoms with van der Waals surface area (Å²) in [7, 11) is 1.72. The first-order chi connectivity index (χ1) is 9.21. The molecule has 6 nitrogen and oxygen atoms in total. The van der Waals surface area contributed by atoms with Gasteiger partial charge in [0.2, 0.25) is 0 Å². The number of aryl methyl sites for hydroxylation is 1. The molecular weight excluding hydrogens is 263 g/mol. The van der Waals surface area contributed by atoms with E-state index in [9.17, 15) is 9.18 Å². The minimum atomic E-state index is -1.52. The van der Waals surface area contributed by atoms with Gasteiger partial charge in [-0.15, -0.1) is 10.2 Å². The second kappa shape index (κ2) is 5.03. The maximum Gasteiger partial charge on any atom is 0.410 e. The monoisotopic (exact) mass is 284 g/mol. The molecule has 1 aromatic rings. The molecule has 1 aromatic heterocycles. The van der Waals surface area contributed by atoms with E-state index in [4.69, 9.17) is 4.74 Å². The van der Waals surface area contributed by atoms with Gasteiger partial charge >= 0.3 is 6.09 Å². The number of halogens is 1. The van der Waals surface area contributed by atoms with Crippen LogP contribution in [0.5, 0.6) is 0 Å². The average molecular weight is 284 g/mol. The van der Waals surface area contributed by atoms with Crippen molar-refractivity contribution < 1.29 is 13.9 Å². The first-order valence-electron chi connectivity index (χ1n) is 6.73. The largest absolute Gasteiger partial charge is 0.444 e. The zero-order valence-electron chi connectivity index (χ0n) is 12.4. The van der Waals surface area contributed by atoms with Crippen LogP contribution < -0.4 is 0 Å². The van der Waals surface area contributed by atoms with Crippen LogP contribution in [0.1, 0.15) is 39.4 Å². The summed E-state index contributed by atoms with van der Waals surface area (Å²) in [6.07, 6.45) is 1.51. The van der Waals surface area contributed by atoms with Gasteiger partial charge in [0.05, 0.1) is 0 Å². The quantitative estimate of drug-likeness (QED) is 0.791. The molecule has 0 atom stereocenters. The number of carbonyl (C=O) groups excluding carboxylic acids is 1. The molecule has 0 spiro atoms. The van der Waals surface area contributed by atoms with Crippen molar-refractivity contribution in [3.05, 3.63) is 12.2 Å². The van der Waals surface area contributed by atoms with Crippen LogP contribution in [0.4, 0.5) is 9.18 Å². The number of aromatic nitrogens is 3. The molecule has 0 radical (unpaired) electrons. The zero-order valence-corrected chi connectivity index (χ0v) is 12.4. The Hall–Kier alpha value is -1.66. The van der Waals surface area contributed by atoms with Gasteiger partial charge in [-0.3, -0.25) is 0 Å². The van der Waals surface area contributed by atoms with E-state index in [0.29, 0.717) is 18.9 Å². The minimum absolute atomic E-state index is 0.207. The van der Waals surface area contributed by atoms with Gasteiger partial charge in [0.15, 0.2) is 11.5 Å². The van der Waals surface area contributed by atoms with Crippen molar-refractivity contribution in [1.29, 1.82) is 0 Å². The first-order valence-corrected chi connectivity index (χ1v) is 6.73. The molecule has 2 rings (SSSR count). The second-order valence-electron chi connectivity index (χ2n) is 6.20. The highest BCUT2D eigenvalue weighted by Gasteiger charge is 2.41. The minimum Gasteiger partial charge on any atom is -0.444 e. The van der Waals surface area contributed by atoms with Gasteiger partial charge in [-0.2, -0.15) is 0 Å². The molecule has 0 aliphatic carbocycles. The molecule has 0 N–H and O–H groups in total. The van der Waals surface area contributed by atoms with Crippen molar-refractivity contribution in [3.8, 4) is 0 Å². The lowest BCUT2D eigenvalue weighted by atomic mass is 9.92. The number of rotatable bonds is 1. The normalized spacial score (nSPS) is 18.9. The number of hydrogen-bond acceptors (Lipinski definition) is 4. The molecule has 0 saturated carbocycles. The van der Waals surface area contributed by atoms with E-state index in [0.717, 1.165) is 0 Å². The molecular formula is C13H21FN4O2. The van der Waals surface area contributed by atoms with Crippen LogP contribution in [0.15, 0.2) is 6.33 Å². The summed E-state index contributed by atoms with van der Waals surface area (Å²) in [4.78, 5) is 13.5. The molecule has 1 amide bonds. The van der Waals surface area contributed by atoms with E-state index in [2.05, 4.69) is 10.2 Å². The van der Waals surface area contributed by atoms with Gasteiger partial charge in [0.1, 0.15) is 11.9 Å². The Morgan fingerprint density at radius 1 is 1.40 bits per heavy atom. The predicted octanol–water partition coefficient (Wildman–Crippen LogP) is 2.01. The maximum absolute atomic E-state index is 14.9. The third-order valence-corrected chi connectivity index (χ3v) is 3.32. The fraction of sp³-hybridized carbons (Fsp3) is 0.769. The number of alkyl halides is 1. The van der Waals surface area contributed by atoms with E-state index >= 15 is 0 Å². The molecule has 1 aliphatic rings. The van der Waals surface area contributed by atoms with E-state index in [1.165, 1.54) is 6.33 Å². The summed E-state index contributed by atoms with van der Waals surface area (Å²) in [6.45, 7) is 6.08. The smallest absolute Gasteiger partial charge is 0.410 e. The summed E-state index contributed by atoms with van der Waals surface area (Å²) in [5.74, 6) is 0.321. The average Bonchev–Trinajstić information content (AvgIpc) is 2.74. The summed E-state index contributed by atoms with van der Waals surface area (Å²) in [6, 6.07) is 0. The molecule has 2 heterocycles. The molecule has 1 fully saturated rings. The number of carbonyl (C=O) groups is 1. The topological polar surface area (TPSA) is 60.2 Å². The van der Waals surface area contributed by atoms with Crippen molar-refractivity contribution in [2.24, 2.45) is 7.05 Å². The van der Waals surface area contributed by atoms with Gasteiger partial charge in [0.25, 0.3) is 0 Å². The highest BCUT2D eigenvalue weighted by molar-refractivity contribution is 5.68. The molecule has 0 bridgehead atoms. The Balaban J connectivity index is 1.99. The first kappa shape index (κ1) is 14.7. The Bertz CT molecular complexity index is 487. The van der Waals surface area contributed by atoms with Crippen LogP contribution in [-0.2, 0) is 17.5 Å². The van der Waals surface area contributed by atoms with Crippen molar-refractivity contribution in [3.63, 3.8) is 0 Å². The summed E-state index contributed by atoms with van der Waals surface area (Å²) in [5, 5.41) is 7.56. The number of ether oxygens (including phenoxy) is 1. The Kier molecular flexibility index (Phi) is 3.71. The maximum atomic E-state index is 14.9. The van der Waals surface area contributed by atoms with Gasteiger partial charge in [-0.1, -0.05) is 0 Å². The molecule has 7 heteroatoms. The van der Waals surface area contributed by atoms with E-state index in [-0.39, 0.29) is 12.8 Å². The van der Waals surface area contributed by atoms with Crippen LogP contribution in [0.3, 0.4) is 0 Å². The molecule has 112 valence electrons. The molecule has 0 unspecified atom stereocenters. The SMILES string of the molecule is Cn1cnnc1C1(F)CCN(C(=O)OC(C)(C)C)CC1. The molecule has 1 aliphatic heterocycles. The van der Waals surface area contributed by atoms with Crippen molar-refractivity contribution in [2.75, 3.05) is 13.1 Å². The lowest BCUT2D eigenvalue weighted by Crippen LogP contribution is -2.46.